The Hall–Kier alpha value is 0.340. The molecule has 0 spiro atoms. The van der Waals surface area contributed by atoms with Crippen molar-refractivity contribution in [1.29, 1.82) is 0 Å². The number of alkyl halides is 1. The lowest BCUT2D eigenvalue weighted by molar-refractivity contribution is 0.581. The third-order valence-electron chi connectivity index (χ3n) is 1.61. The summed E-state index contributed by atoms with van der Waals surface area (Å²) in [6.07, 6.45) is 1.95. The van der Waals surface area contributed by atoms with Crippen molar-refractivity contribution in [3.05, 3.63) is 17.5 Å². The summed E-state index contributed by atoms with van der Waals surface area (Å²) in [5.74, 6) is 0. The molecule has 3 nitrogen and oxygen atoms in total. The summed E-state index contributed by atoms with van der Waals surface area (Å²) in [5.41, 5.74) is 0. The van der Waals surface area contributed by atoms with Crippen molar-refractivity contribution in [2.45, 2.75) is 17.1 Å². The minimum atomic E-state index is -3.23. The quantitative estimate of drug-likeness (QED) is 0.488. The van der Waals surface area contributed by atoms with E-state index in [1.54, 1.807) is 17.5 Å². The summed E-state index contributed by atoms with van der Waals surface area (Å²) in [6.45, 7) is 0.531. The van der Waals surface area contributed by atoms with Crippen LogP contribution in [-0.2, 0) is 10.0 Å². The predicted molar refractivity (Wildman–Crippen MR) is 67.6 cm³/mol. The lowest BCUT2D eigenvalue weighted by atomic mass is 10.3. The zero-order valence-corrected chi connectivity index (χ0v) is 11.4. The highest BCUT2D eigenvalue weighted by atomic mass is 127. The Labute approximate surface area is 102 Å². The van der Waals surface area contributed by atoms with Crippen LogP contribution in [-0.4, -0.2) is 19.4 Å². The normalized spacial score (nSPS) is 11.8. The van der Waals surface area contributed by atoms with Gasteiger partial charge in [-0.15, -0.1) is 11.3 Å². The van der Waals surface area contributed by atoms with Crippen molar-refractivity contribution in [3.63, 3.8) is 0 Å². The molecular formula is C8H12INO2S2. The Morgan fingerprint density at radius 2 is 2.21 bits per heavy atom. The topological polar surface area (TPSA) is 46.2 Å². The Balaban J connectivity index is 2.44. The first-order valence-electron chi connectivity index (χ1n) is 4.26. The molecular weight excluding hydrogens is 333 g/mol. The van der Waals surface area contributed by atoms with Gasteiger partial charge in [0, 0.05) is 6.54 Å². The van der Waals surface area contributed by atoms with Gasteiger partial charge in [0.1, 0.15) is 4.21 Å². The van der Waals surface area contributed by atoms with Crippen LogP contribution in [0.4, 0.5) is 0 Å². The predicted octanol–water partition coefficient (Wildman–Crippen LogP) is 2.24. The van der Waals surface area contributed by atoms with Gasteiger partial charge in [-0.25, -0.2) is 13.1 Å². The fraction of sp³-hybridized carbons (Fsp3) is 0.500. The van der Waals surface area contributed by atoms with Gasteiger partial charge in [0.25, 0.3) is 0 Å². The zero-order valence-electron chi connectivity index (χ0n) is 7.57. The second-order valence-electron chi connectivity index (χ2n) is 2.73. The molecule has 0 atom stereocenters. The number of hydrogen-bond donors (Lipinski definition) is 1. The molecule has 6 heteroatoms. The van der Waals surface area contributed by atoms with E-state index in [-0.39, 0.29) is 0 Å². The fourth-order valence-electron chi connectivity index (χ4n) is 0.914. The Morgan fingerprint density at radius 3 is 2.79 bits per heavy atom. The van der Waals surface area contributed by atoms with Gasteiger partial charge in [-0.1, -0.05) is 28.7 Å². The van der Waals surface area contributed by atoms with E-state index in [9.17, 15) is 8.42 Å². The molecule has 0 saturated heterocycles. The summed E-state index contributed by atoms with van der Waals surface area (Å²) in [7, 11) is -3.23. The van der Waals surface area contributed by atoms with Crippen molar-refractivity contribution < 1.29 is 8.42 Å². The molecule has 14 heavy (non-hydrogen) atoms. The Morgan fingerprint density at radius 1 is 1.43 bits per heavy atom. The highest BCUT2D eigenvalue weighted by Gasteiger charge is 2.13. The van der Waals surface area contributed by atoms with Gasteiger partial charge in [0.15, 0.2) is 0 Å². The van der Waals surface area contributed by atoms with Crippen molar-refractivity contribution in [3.8, 4) is 0 Å². The number of nitrogens with one attached hydrogen (secondary N) is 1. The van der Waals surface area contributed by atoms with Gasteiger partial charge in [0.2, 0.25) is 10.0 Å². The van der Waals surface area contributed by atoms with Crippen LogP contribution in [0.2, 0.25) is 0 Å². The molecule has 0 bridgehead atoms. The van der Waals surface area contributed by atoms with E-state index in [1.807, 2.05) is 0 Å². The number of hydrogen-bond acceptors (Lipinski definition) is 3. The number of rotatable bonds is 6. The van der Waals surface area contributed by atoms with Crippen LogP contribution in [0.1, 0.15) is 12.8 Å². The van der Waals surface area contributed by atoms with Crippen LogP contribution in [0.15, 0.2) is 21.7 Å². The van der Waals surface area contributed by atoms with E-state index in [2.05, 4.69) is 27.3 Å². The van der Waals surface area contributed by atoms with Gasteiger partial charge in [-0.2, -0.15) is 0 Å². The average Bonchev–Trinajstić information content (AvgIpc) is 2.65. The largest absolute Gasteiger partial charge is 0.250 e. The van der Waals surface area contributed by atoms with E-state index in [0.717, 1.165) is 17.3 Å². The van der Waals surface area contributed by atoms with Crippen molar-refractivity contribution >= 4 is 44.0 Å². The van der Waals surface area contributed by atoms with E-state index in [0.29, 0.717) is 10.8 Å². The second kappa shape index (κ2) is 6.04. The van der Waals surface area contributed by atoms with Crippen LogP contribution in [0.25, 0.3) is 0 Å². The van der Waals surface area contributed by atoms with E-state index in [1.165, 1.54) is 11.3 Å². The van der Waals surface area contributed by atoms with E-state index in [4.69, 9.17) is 0 Å². The molecule has 0 unspecified atom stereocenters. The summed E-state index contributed by atoms with van der Waals surface area (Å²) >= 11 is 3.53. The first kappa shape index (κ1) is 12.4. The van der Waals surface area contributed by atoms with Crippen LogP contribution in [0, 0.1) is 0 Å². The highest BCUT2D eigenvalue weighted by molar-refractivity contribution is 14.1. The van der Waals surface area contributed by atoms with Gasteiger partial charge < -0.3 is 0 Å². The molecule has 1 N–H and O–H groups in total. The molecule has 0 radical (unpaired) electrons. The fourth-order valence-corrected chi connectivity index (χ4v) is 3.56. The van der Waals surface area contributed by atoms with Crippen LogP contribution >= 0.6 is 33.9 Å². The summed E-state index contributed by atoms with van der Waals surface area (Å²) in [5, 5.41) is 1.76. The molecule has 80 valence electrons. The molecule has 0 aliphatic rings. The zero-order chi connectivity index (χ0) is 10.4. The highest BCUT2D eigenvalue weighted by Crippen LogP contribution is 2.15. The van der Waals surface area contributed by atoms with Gasteiger partial charge >= 0.3 is 0 Å². The monoisotopic (exact) mass is 345 g/mol. The summed E-state index contributed by atoms with van der Waals surface area (Å²) in [4.78, 5) is 0. The molecule has 1 aromatic heterocycles. The number of unbranched alkanes of at least 4 members (excludes halogenated alkanes) is 1. The second-order valence-corrected chi connectivity index (χ2v) is 6.75. The minimum absolute atomic E-state index is 0.395. The first-order valence-corrected chi connectivity index (χ1v) is 8.15. The molecule has 0 aliphatic carbocycles. The smallest absolute Gasteiger partial charge is 0.210 e. The van der Waals surface area contributed by atoms with Gasteiger partial charge in [0.05, 0.1) is 0 Å². The van der Waals surface area contributed by atoms with Crippen LogP contribution in [0.3, 0.4) is 0 Å². The van der Waals surface area contributed by atoms with E-state index < -0.39 is 10.0 Å². The molecule has 1 aromatic rings. The lowest BCUT2D eigenvalue weighted by Gasteiger charge is -2.02. The molecule has 0 fully saturated rings. The third-order valence-corrected chi connectivity index (χ3v) is 5.23. The number of thiophene rings is 1. The first-order chi connectivity index (χ1) is 6.67. The SMILES string of the molecule is O=S(=O)(NCCCCI)c1cccs1. The van der Waals surface area contributed by atoms with Crippen LogP contribution in [0.5, 0.6) is 0 Å². The Kier molecular flexibility index (Phi) is 5.35. The molecule has 1 rings (SSSR count). The maximum absolute atomic E-state index is 11.6. The molecule has 1 heterocycles. The number of halogens is 1. The van der Waals surface area contributed by atoms with Crippen molar-refractivity contribution in [1.82, 2.24) is 4.72 Å². The van der Waals surface area contributed by atoms with Gasteiger partial charge in [-0.3, -0.25) is 0 Å². The lowest BCUT2D eigenvalue weighted by Crippen LogP contribution is -2.23. The van der Waals surface area contributed by atoms with Crippen molar-refractivity contribution in [2.24, 2.45) is 0 Å². The molecule has 0 aromatic carbocycles. The van der Waals surface area contributed by atoms with Crippen molar-refractivity contribution in [2.75, 3.05) is 11.0 Å². The third kappa shape index (κ3) is 3.84. The van der Waals surface area contributed by atoms with E-state index >= 15 is 0 Å². The summed E-state index contributed by atoms with van der Waals surface area (Å²) < 4.78 is 27.1. The average molecular weight is 345 g/mol. The summed E-state index contributed by atoms with van der Waals surface area (Å²) in [6, 6.07) is 3.36. The van der Waals surface area contributed by atoms with Crippen LogP contribution < -0.4 is 4.72 Å². The maximum Gasteiger partial charge on any atom is 0.250 e. The van der Waals surface area contributed by atoms with Gasteiger partial charge in [-0.05, 0) is 28.7 Å². The molecule has 0 amide bonds. The minimum Gasteiger partial charge on any atom is -0.210 e. The molecule has 0 saturated carbocycles. The number of sulfonamides is 1. The maximum atomic E-state index is 11.6. The standard InChI is InChI=1S/C8H12INO2S2/c9-5-1-2-6-10-14(11,12)8-4-3-7-13-8/h3-4,7,10H,1-2,5-6H2. The molecule has 0 aliphatic heterocycles. The Bertz CT molecular complexity index is 347.